The van der Waals surface area contributed by atoms with Crippen LogP contribution in [0.4, 0.5) is 0 Å². The van der Waals surface area contributed by atoms with Crippen LogP contribution in [0.3, 0.4) is 0 Å². The Morgan fingerprint density at radius 2 is 1.95 bits per heavy atom. The highest BCUT2D eigenvalue weighted by Crippen LogP contribution is 2.14. The molecular formula is C15H22O3S. The van der Waals surface area contributed by atoms with Crippen LogP contribution in [0, 0.1) is 12.8 Å². The lowest BCUT2D eigenvalue weighted by Crippen LogP contribution is -2.16. The number of benzene rings is 1. The van der Waals surface area contributed by atoms with Gasteiger partial charge in [-0.25, -0.2) is 8.42 Å². The van der Waals surface area contributed by atoms with Crippen molar-refractivity contribution in [3.63, 3.8) is 0 Å². The molecule has 0 bridgehead atoms. The van der Waals surface area contributed by atoms with Crippen LogP contribution in [0.2, 0.25) is 0 Å². The van der Waals surface area contributed by atoms with E-state index in [0.717, 1.165) is 18.4 Å². The molecule has 0 fully saturated rings. The molecule has 0 aromatic heterocycles. The molecule has 1 aromatic carbocycles. The minimum absolute atomic E-state index is 0.192. The third kappa shape index (κ3) is 5.55. The summed E-state index contributed by atoms with van der Waals surface area (Å²) >= 11 is 0. The van der Waals surface area contributed by atoms with Crippen molar-refractivity contribution in [2.24, 2.45) is 5.92 Å². The maximum atomic E-state index is 12.1. The lowest BCUT2D eigenvalue weighted by atomic mass is 10.1. The zero-order chi connectivity index (χ0) is 14.5. The topological polar surface area (TPSA) is 51.2 Å². The fraction of sp³-hybridized carbons (Fsp3) is 0.533. The molecule has 0 saturated heterocycles. The SMILES string of the molecule is Cc1cccc(S(=O)(=O)CC(=O)CCCC(C)C)c1. The Balaban J connectivity index is 2.62. The predicted octanol–water partition coefficient (Wildman–Crippen LogP) is 3.16. The summed E-state index contributed by atoms with van der Waals surface area (Å²) in [6.07, 6.45) is 2.07. The molecule has 0 N–H and O–H groups in total. The number of carbonyl (C=O) groups is 1. The molecule has 0 amide bonds. The second-order valence-electron chi connectivity index (χ2n) is 5.40. The van der Waals surface area contributed by atoms with E-state index in [1.807, 2.05) is 13.0 Å². The molecule has 0 radical (unpaired) electrons. The van der Waals surface area contributed by atoms with Crippen LogP contribution in [0.1, 0.15) is 38.7 Å². The minimum atomic E-state index is -3.48. The lowest BCUT2D eigenvalue weighted by molar-refractivity contribution is -0.116. The van der Waals surface area contributed by atoms with E-state index in [-0.39, 0.29) is 16.4 Å². The zero-order valence-corrected chi connectivity index (χ0v) is 12.7. The first-order valence-corrected chi connectivity index (χ1v) is 8.27. The highest BCUT2D eigenvalue weighted by molar-refractivity contribution is 7.92. The first-order chi connectivity index (χ1) is 8.81. The summed E-state index contributed by atoms with van der Waals surface area (Å²) in [7, 11) is -3.48. The van der Waals surface area contributed by atoms with Crippen molar-refractivity contribution in [1.29, 1.82) is 0 Å². The van der Waals surface area contributed by atoms with Crippen molar-refractivity contribution in [1.82, 2.24) is 0 Å². The van der Waals surface area contributed by atoms with E-state index >= 15 is 0 Å². The van der Waals surface area contributed by atoms with Crippen molar-refractivity contribution in [3.8, 4) is 0 Å². The first kappa shape index (κ1) is 15.9. The van der Waals surface area contributed by atoms with Crippen LogP contribution in [0.25, 0.3) is 0 Å². The van der Waals surface area contributed by atoms with Gasteiger partial charge in [-0.05, 0) is 37.0 Å². The number of carbonyl (C=O) groups excluding carboxylic acids is 1. The molecule has 0 aliphatic carbocycles. The summed E-state index contributed by atoms with van der Waals surface area (Å²) in [6, 6.07) is 6.69. The van der Waals surface area contributed by atoms with Crippen LogP contribution < -0.4 is 0 Å². The van der Waals surface area contributed by atoms with Crippen molar-refractivity contribution in [2.75, 3.05) is 5.75 Å². The van der Waals surface area contributed by atoms with Gasteiger partial charge in [-0.2, -0.15) is 0 Å². The molecule has 0 unspecified atom stereocenters. The van der Waals surface area contributed by atoms with Crippen molar-refractivity contribution in [3.05, 3.63) is 29.8 Å². The van der Waals surface area contributed by atoms with Crippen molar-refractivity contribution < 1.29 is 13.2 Å². The van der Waals surface area contributed by atoms with E-state index in [2.05, 4.69) is 13.8 Å². The van der Waals surface area contributed by atoms with Crippen molar-refractivity contribution >= 4 is 15.6 Å². The van der Waals surface area contributed by atoms with Gasteiger partial charge in [-0.15, -0.1) is 0 Å². The normalized spacial score (nSPS) is 11.8. The summed E-state index contributed by atoms with van der Waals surface area (Å²) in [4.78, 5) is 12.0. The van der Waals surface area contributed by atoms with Gasteiger partial charge in [0, 0.05) is 6.42 Å². The summed E-state index contributed by atoms with van der Waals surface area (Å²) in [5.74, 6) is -0.0301. The quantitative estimate of drug-likeness (QED) is 0.772. The highest BCUT2D eigenvalue weighted by atomic mass is 32.2. The average molecular weight is 282 g/mol. The number of ketones is 1. The van der Waals surface area contributed by atoms with Crippen LogP contribution >= 0.6 is 0 Å². The third-order valence-electron chi connectivity index (χ3n) is 2.94. The van der Waals surface area contributed by atoms with Gasteiger partial charge < -0.3 is 0 Å². The number of Topliss-reactive ketones (excluding diaryl/α,β-unsaturated/α-hetero) is 1. The van der Waals surface area contributed by atoms with E-state index in [1.165, 1.54) is 0 Å². The molecule has 106 valence electrons. The maximum absolute atomic E-state index is 12.1. The predicted molar refractivity (Wildman–Crippen MR) is 76.9 cm³/mol. The molecule has 19 heavy (non-hydrogen) atoms. The van der Waals surface area contributed by atoms with Gasteiger partial charge in [-0.1, -0.05) is 32.4 Å². The number of rotatable bonds is 7. The molecule has 0 heterocycles. The van der Waals surface area contributed by atoms with Crippen molar-refractivity contribution in [2.45, 2.75) is 44.9 Å². The monoisotopic (exact) mass is 282 g/mol. The number of sulfone groups is 1. The highest BCUT2D eigenvalue weighted by Gasteiger charge is 2.19. The largest absolute Gasteiger partial charge is 0.299 e. The van der Waals surface area contributed by atoms with Crippen LogP contribution in [0.15, 0.2) is 29.2 Å². The van der Waals surface area contributed by atoms with Crippen LogP contribution in [-0.4, -0.2) is 20.0 Å². The molecule has 0 aliphatic heterocycles. The standard InChI is InChI=1S/C15H22O3S/c1-12(2)6-4-8-14(16)11-19(17,18)15-9-5-7-13(3)10-15/h5,7,9-10,12H,4,6,8,11H2,1-3H3. The van der Waals surface area contributed by atoms with E-state index < -0.39 is 9.84 Å². The van der Waals surface area contributed by atoms with Crippen LogP contribution in [0.5, 0.6) is 0 Å². The zero-order valence-electron chi connectivity index (χ0n) is 11.8. The van der Waals surface area contributed by atoms with Gasteiger partial charge in [0.2, 0.25) is 0 Å². The molecule has 1 rings (SSSR count). The van der Waals surface area contributed by atoms with Crippen LogP contribution in [-0.2, 0) is 14.6 Å². The lowest BCUT2D eigenvalue weighted by Gasteiger charge is -2.06. The molecule has 0 aliphatic rings. The van der Waals surface area contributed by atoms with Gasteiger partial charge in [0.1, 0.15) is 11.5 Å². The number of hydrogen-bond acceptors (Lipinski definition) is 3. The molecule has 0 saturated carbocycles. The molecule has 4 heteroatoms. The van der Waals surface area contributed by atoms with Gasteiger partial charge in [-0.3, -0.25) is 4.79 Å². The Labute approximate surface area is 116 Å². The number of hydrogen-bond donors (Lipinski definition) is 0. The minimum Gasteiger partial charge on any atom is -0.299 e. The molecule has 0 atom stereocenters. The van der Waals surface area contributed by atoms with Gasteiger partial charge >= 0.3 is 0 Å². The Morgan fingerprint density at radius 3 is 2.53 bits per heavy atom. The second-order valence-corrected chi connectivity index (χ2v) is 7.39. The van der Waals surface area contributed by atoms with E-state index in [0.29, 0.717) is 12.3 Å². The Kier molecular flexibility index (Phi) is 5.73. The van der Waals surface area contributed by atoms with E-state index in [4.69, 9.17) is 0 Å². The first-order valence-electron chi connectivity index (χ1n) is 6.62. The van der Waals surface area contributed by atoms with Gasteiger partial charge in [0.15, 0.2) is 9.84 Å². The second kappa shape index (κ2) is 6.85. The summed E-state index contributed by atoms with van der Waals surface area (Å²) < 4.78 is 24.1. The third-order valence-corrected chi connectivity index (χ3v) is 4.61. The fourth-order valence-corrected chi connectivity index (χ4v) is 3.27. The molecular weight excluding hydrogens is 260 g/mol. The summed E-state index contributed by atoms with van der Waals surface area (Å²) in [6.45, 7) is 6.02. The summed E-state index contributed by atoms with van der Waals surface area (Å²) in [5.41, 5.74) is 0.883. The number of aryl methyl sites for hydroxylation is 1. The molecule has 3 nitrogen and oxygen atoms in total. The Morgan fingerprint density at radius 1 is 1.26 bits per heavy atom. The van der Waals surface area contributed by atoms with E-state index in [1.54, 1.807) is 18.2 Å². The smallest absolute Gasteiger partial charge is 0.185 e. The van der Waals surface area contributed by atoms with Gasteiger partial charge in [0.25, 0.3) is 0 Å². The van der Waals surface area contributed by atoms with Gasteiger partial charge in [0.05, 0.1) is 4.90 Å². The van der Waals surface area contributed by atoms with E-state index in [9.17, 15) is 13.2 Å². The molecule has 0 spiro atoms. The summed E-state index contributed by atoms with van der Waals surface area (Å²) in [5, 5.41) is 0. The molecule has 1 aromatic rings. The Hall–Kier alpha value is -1.16. The Bertz CT molecular complexity index is 530. The average Bonchev–Trinajstić information content (AvgIpc) is 2.27. The maximum Gasteiger partial charge on any atom is 0.185 e. The fourth-order valence-electron chi connectivity index (χ4n) is 1.88.